The summed E-state index contributed by atoms with van der Waals surface area (Å²) >= 11 is 7.50. The summed E-state index contributed by atoms with van der Waals surface area (Å²) in [4.78, 5) is 19.7. The lowest BCUT2D eigenvalue weighted by Crippen LogP contribution is -2.06. The number of aromatic nitrogens is 2. The molecule has 1 fully saturated rings. The number of carboxylic acids is 1. The molecule has 0 spiro atoms. The molecule has 6 heteroatoms. The number of carboxylic acid groups (broad SMARTS) is 1. The molecule has 0 unspecified atom stereocenters. The van der Waals surface area contributed by atoms with Gasteiger partial charge in [0.15, 0.2) is 0 Å². The summed E-state index contributed by atoms with van der Waals surface area (Å²) in [6.45, 7) is 5.08. The van der Waals surface area contributed by atoms with Gasteiger partial charge in [-0.2, -0.15) is 0 Å². The summed E-state index contributed by atoms with van der Waals surface area (Å²) in [5.74, 6) is -0.0621. The summed E-state index contributed by atoms with van der Waals surface area (Å²) in [5, 5.41) is 8.89. The second-order valence-electron chi connectivity index (χ2n) is 4.20. The number of aliphatic carboxylic acids is 1. The van der Waals surface area contributed by atoms with Crippen molar-refractivity contribution in [1.29, 1.82) is 0 Å². The van der Waals surface area contributed by atoms with E-state index in [1.807, 2.05) is 20.0 Å². The van der Waals surface area contributed by atoms with Crippen LogP contribution in [0, 0.1) is 0 Å². The summed E-state index contributed by atoms with van der Waals surface area (Å²) < 4.78 is 0. The molecule has 20 heavy (non-hydrogen) atoms. The molecule has 2 heterocycles. The molecule has 1 aliphatic carbocycles. The zero-order chi connectivity index (χ0) is 15.1. The van der Waals surface area contributed by atoms with E-state index < -0.39 is 5.97 Å². The summed E-state index contributed by atoms with van der Waals surface area (Å²) in [7, 11) is 0. The molecular weight excluding hydrogens is 296 g/mol. The minimum atomic E-state index is -0.833. The van der Waals surface area contributed by atoms with Gasteiger partial charge in [0.05, 0.1) is 0 Å². The molecule has 3 rings (SSSR count). The van der Waals surface area contributed by atoms with Gasteiger partial charge in [0.25, 0.3) is 5.97 Å². The van der Waals surface area contributed by atoms with Crippen molar-refractivity contribution >= 4 is 39.1 Å². The maximum absolute atomic E-state index is 9.00. The predicted molar refractivity (Wildman–Crippen MR) is 83.7 cm³/mol. The third-order valence-electron chi connectivity index (χ3n) is 2.77. The maximum atomic E-state index is 9.00. The fraction of sp³-hybridized carbons (Fsp3) is 0.500. The Kier molecular flexibility index (Phi) is 6.88. The quantitative estimate of drug-likeness (QED) is 0.773. The van der Waals surface area contributed by atoms with Crippen molar-refractivity contribution in [1.82, 2.24) is 9.97 Å². The smallest absolute Gasteiger partial charge is 0.300 e. The van der Waals surface area contributed by atoms with Crippen LogP contribution in [0.15, 0.2) is 12.3 Å². The monoisotopic (exact) mass is 314 g/mol. The van der Waals surface area contributed by atoms with Crippen molar-refractivity contribution in [3.63, 3.8) is 0 Å². The fourth-order valence-electron chi connectivity index (χ4n) is 1.72. The lowest BCUT2D eigenvalue weighted by Gasteiger charge is -2.23. The number of halogens is 1. The molecule has 0 radical (unpaired) electrons. The highest BCUT2D eigenvalue weighted by molar-refractivity contribution is 7.18. The Balaban J connectivity index is 0.000000291. The normalized spacial score (nSPS) is 13.6. The van der Waals surface area contributed by atoms with E-state index in [1.165, 1.54) is 24.1 Å². The second-order valence-corrected chi connectivity index (χ2v) is 5.60. The molecule has 0 amide bonds. The van der Waals surface area contributed by atoms with Gasteiger partial charge in [-0.3, -0.25) is 4.79 Å². The van der Waals surface area contributed by atoms with Gasteiger partial charge in [-0.25, -0.2) is 9.97 Å². The summed E-state index contributed by atoms with van der Waals surface area (Å²) in [5.41, 5.74) is 0. The van der Waals surface area contributed by atoms with Crippen LogP contribution in [0.2, 0.25) is 5.28 Å². The molecule has 4 nitrogen and oxygen atoms in total. The Morgan fingerprint density at radius 1 is 1.45 bits per heavy atom. The highest BCUT2D eigenvalue weighted by atomic mass is 35.5. The topological polar surface area (TPSA) is 63.1 Å². The van der Waals surface area contributed by atoms with E-state index in [-0.39, 0.29) is 0 Å². The van der Waals surface area contributed by atoms with E-state index in [0.29, 0.717) is 5.28 Å². The number of hydrogen-bond acceptors (Lipinski definition) is 4. The number of hydrogen-bond donors (Lipinski definition) is 1. The molecule has 2 aromatic rings. The van der Waals surface area contributed by atoms with E-state index in [2.05, 4.69) is 16.0 Å². The number of fused-ring (bicyclic) bond motifs is 1. The Morgan fingerprint density at radius 3 is 2.55 bits per heavy atom. The summed E-state index contributed by atoms with van der Waals surface area (Å²) in [6, 6.07) is 2.21. The lowest BCUT2D eigenvalue weighted by atomic mass is 9.84. The van der Waals surface area contributed by atoms with Crippen molar-refractivity contribution in [2.75, 3.05) is 0 Å². The standard InChI is InChI=1S/C10H9ClN2S.C2H4O2.C2H6/c11-10-12-5-7-4-8(6-2-1-3-6)14-9(7)13-10;1-2(3)4;1-2/h4-6H,1-3H2;1H3,(H,3,4);1-2H3. The van der Waals surface area contributed by atoms with Crippen molar-refractivity contribution < 1.29 is 9.90 Å². The van der Waals surface area contributed by atoms with Crippen LogP contribution in [0.25, 0.3) is 10.2 Å². The van der Waals surface area contributed by atoms with Gasteiger partial charge >= 0.3 is 0 Å². The maximum Gasteiger partial charge on any atom is 0.300 e. The molecule has 1 saturated carbocycles. The van der Waals surface area contributed by atoms with Crippen LogP contribution in [0.4, 0.5) is 0 Å². The van der Waals surface area contributed by atoms with E-state index in [4.69, 9.17) is 21.5 Å². The van der Waals surface area contributed by atoms with E-state index >= 15 is 0 Å². The van der Waals surface area contributed by atoms with Crippen LogP contribution in [-0.2, 0) is 4.79 Å². The van der Waals surface area contributed by atoms with Crippen molar-refractivity contribution in [2.24, 2.45) is 0 Å². The first kappa shape index (κ1) is 16.9. The van der Waals surface area contributed by atoms with Gasteiger partial charge in [0, 0.05) is 23.4 Å². The van der Waals surface area contributed by atoms with Gasteiger partial charge in [-0.1, -0.05) is 20.3 Å². The van der Waals surface area contributed by atoms with Gasteiger partial charge in [-0.15, -0.1) is 11.3 Å². The van der Waals surface area contributed by atoms with Crippen LogP contribution < -0.4 is 0 Å². The number of nitrogens with zero attached hydrogens (tertiary/aromatic N) is 2. The minimum Gasteiger partial charge on any atom is -0.481 e. The zero-order valence-corrected chi connectivity index (χ0v) is 13.5. The first-order valence-corrected chi connectivity index (χ1v) is 7.87. The molecule has 0 atom stereocenters. The summed E-state index contributed by atoms with van der Waals surface area (Å²) in [6.07, 6.45) is 5.83. The van der Waals surface area contributed by atoms with Crippen molar-refractivity contribution in [2.45, 2.75) is 46.0 Å². The van der Waals surface area contributed by atoms with Gasteiger partial charge in [0.1, 0.15) is 4.83 Å². The van der Waals surface area contributed by atoms with Gasteiger partial charge in [0.2, 0.25) is 5.28 Å². The second kappa shape index (κ2) is 8.17. The average Bonchev–Trinajstić information content (AvgIpc) is 2.70. The molecule has 0 aliphatic heterocycles. The third-order valence-corrected chi connectivity index (χ3v) is 4.16. The molecule has 1 N–H and O–H groups in total. The molecule has 0 saturated heterocycles. The molecule has 0 aromatic carbocycles. The Bertz CT molecular complexity index is 563. The average molecular weight is 315 g/mol. The van der Waals surface area contributed by atoms with Crippen LogP contribution in [0.5, 0.6) is 0 Å². The third kappa shape index (κ3) is 4.72. The van der Waals surface area contributed by atoms with Crippen molar-refractivity contribution in [3.05, 3.63) is 22.4 Å². The minimum absolute atomic E-state index is 0.347. The van der Waals surface area contributed by atoms with E-state index in [9.17, 15) is 0 Å². The van der Waals surface area contributed by atoms with E-state index in [0.717, 1.165) is 23.1 Å². The van der Waals surface area contributed by atoms with Gasteiger partial charge < -0.3 is 5.11 Å². The molecular formula is C14H19ClN2O2S. The Labute approximate surface area is 127 Å². The molecule has 1 aliphatic rings. The van der Waals surface area contributed by atoms with E-state index in [1.54, 1.807) is 11.3 Å². The van der Waals surface area contributed by atoms with Crippen LogP contribution in [0.3, 0.4) is 0 Å². The molecule has 2 aromatic heterocycles. The number of thiophene rings is 1. The number of rotatable bonds is 1. The van der Waals surface area contributed by atoms with Crippen LogP contribution in [-0.4, -0.2) is 21.0 Å². The fourth-order valence-corrected chi connectivity index (χ4v) is 3.08. The van der Waals surface area contributed by atoms with Crippen LogP contribution >= 0.6 is 22.9 Å². The highest BCUT2D eigenvalue weighted by Crippen LogP contribution is 2.41. The SMILES string of the molecule is CC.CC(=O)O.Clc1ncc2cc(C3CCC3)sc2n1. The Morgan fingerprint density at radius 2 is 2.05 bits per heavy atom. The first-order chi connectivity index (χ1) is 9.56. The highest BCUT2D eigenvalue weighted by Gasteiger charge is 2.21. The zero-order valence-electron chi connectivity index (χ0n) is 11.9. The molecule has 110 valence electrons. The number of carbonyl (C=O) groups is 1. The largest absolute Gasteiger partial charge is 0.481 e. The van der Waals surface area contributed by atoms with Crippen LogP contribution in [0.1, 0.15) is 50.8 Å². The van der Waals surface area contributed by atoms with Gasteiger partial charge in [-0.05, 0) is 36.4 Å². The Hall–Kier alpha value is -1.20. The lowest BCUT2D eigenvalue weighted by molar-refractivity contribution is -0.134. The van der Waals surface area contributed by atoms with Crippen molar-refractivity contribution in [3.8, 4) is 0 Å². The predicted octanol–water partition coefficient (Wildman–Crippen LogP) is 4.73. The first-order valence-electron chi connectivity index (χ1n) is 6.68. The molecule has 0 bridgehead atoms.